The minimum Gasteiger partial charge on any atom is -0.456 e. The van der Waals surface area contributed by atoms with E-state index >= 15 is 0 Å². The van der Waals surface area contributed by atoms with Crippen molar-refractivity contribution in [2.75, 3.05) is 5.32 Å². The number of hydrogen-bond acceptors (Lipinski definition) is 4. The molecule has 0 radical (unpaired) electrons. The van der Waals surface area contributed by atoms with Gasteiger partial charge >= 0.3 is 5.97 Å². The van der Waals surface area contributed by atoms with Crippen LogP contribution >= 0.6 is 22.9 Å². The number of benzene rings is 1. The molecule has 0 atom stereocenters. The highest BCUT2D eigenvalue weighted by Gasteiger charge is 2.34. The van der Waals surface area contributed by atoms with Gasteiger partial charge in [-0.1, -0.05) is 26.0 Å². The van der Waals surface area contributed by atoms with Crippen LogP contribution in [0, 0.1) is 5.41 Å². The first kappa shape index (κ1) is 21.8. The standard InChI is InChI=1S/C23H28ClNO3S/c1-22(2,3)28-21(27)18-16-9-10-23(4,5)12-17(16)29-20(18)25-19(26)15-8-6-7-14(11-15)13-24/h6-8,11H,9-10,12-13H2,1-5H3,(H,25,26). The number of fused-ring (bicyclic) bond motifs is 1. The lowest BCUT2D eigenvalue weighted by atomic mass is 9.77. The summed E-state index contributed by atoms with van der Waals surface area (Å²) >= 11 is 7.39. The molecule has 0 aliphatic heterocycles. The molecule has 1 N–H and O–H groups in total. The number of carbonyl (C=O) groups excluding carboxylic acids is 2. The zero-order valence-electron chi connectivity index (χ0n) is 17.6. The summed E-state index contributed by atoms with van der Waals surface area (Å²) in [6.45, 7) is 10.0. The normalized spacial score (nSPS) is 15.5. The molecular formula is C23H28ClNO3S. The Labute approximate surface area is 181 Å². The quantitative estimate of drug-likeness (QED) is 0.460. The van der Waals surface area contributed by atoms with Crippen molar-refractivity contribution in [3.63, 3.8) is 0 Å². The second kappa shape index (κ2) is 8.11. The Balaban J connectivity index is 1.97. The van der Waals surface area contributed by atoms with Crippen molar-refractivity contribution in [2.24, 2.45) is 5.41 Å². The van der Waals surface area contributed by atoms with Gasteiger partial charge in [0, 0.05) is 16.3 Å². The van der Waals surface area contributed by atoms with E-state index in [4.69, 9.17) is 16.3 Å². The van der Waals surface area contributed by atoms with Gasteiger partial charge in [0.05, 0.1) is 5.56 Å². The largest absolute Gasteiger partial charge is 0.456 e. The third kappa shape index (κ3) is 5.20. The number of alkyl halides is 1. The Hall–Kier alpha value is -1.85. The number of amides is 1. The van der Waals surface area contributed by atoms with Crippen LogP contribution in [-0.4, -0.2) is 17.5 Å². The molecule has 0 saturated carbocycles. The van der Waals surface area contributed by atoms with Crippen molar-refractivity contribution < 1.29 is 14.3 Å². The fourth-order valence-corrected chi connectivity index (χ4v) is 5.17. The maximum absolute atomic E-state index is 13.0. The number of nitrogens with one attached hydrogen (secondary N) is 1. The van der Waals surface area contributed by atoms with Crippen LogP contribution in [0.25, 0.3) is 0 Å². The number of halogens is 1. The zero-order chi connectivity index (χ0) is 21.4. The summed E-state index contributed by atoms with van der Waals surface area (Å²) in [5.74, 6) is -0.286. The first-order valence-corrected chi connectivity index (χ1v) is 11.2. The summed E-state index contributed by atoms with van der Waals surface area (Å²) in [5, 5.41) is 3.54. The molecule has 3 rings (SSSR count). The predicted molar refractivity (Wildman–Crippen MR) is 119 cm³/mol. The SMILES string of the molecule is CC1(C)CCc2c(sc(NC(=O)c3cccc(CCl)c3)c2C(=O)OC(C)(C)C)C1. The Morgan fingerprint density at radius 3 is 2.66 bits per heavy atom. The maximum atomic E-state index is 13.0. The molecule has 0 fully saturated rings. The van der Waals surface area contributed by atoms with Gasteiger partial charge in [-0.25, -0.2) is 4.79 Å². The van der Waals surface area contributed by atoms with E-state index < -0.39 is 5.60 Å². The first-order valence-electron chi connectivity index (χ1n) is 9.83. The van der Waals surface area contributed by atoms with E-state index in [0.717, 1.165) is 35.3 Å². The molecule has 1 aromatic heterocycles. The monoisotopic (exact) mass is 433 g/mol. The van der Waals surface area contributed by atoms with Gasteiger partial charge in [0.15, 0.2) is 0 Å². The van der Waals surface area contributed by atoms with Crippen LogP contribution in [0.2, 0.25) is 0 Å². The van der Waals surface area contributed by atoms with E-state index in [1.165, 1.54) is 11.3 Å². The zero-order valence-corrected chi connectivity index (χ0v) is 19.2. The van der Waals surface area contributed by atoms with Crippen LogP contribution < -0.4 is 5.32 Å². The van der Waals surface area contributed by atoms with Crippen LogP contribution in [0.1, 0.15) is 77.8 Å². The minimum atomic E-state index is -0.601. The highest BCUT2D eigenvalue weighted by Crippen LogP contribution is 2.44. The third-order valence-corrected chi connectivity index (χ3v) is 6.41. The molecule has 6 heteroatoms. The number of esters is 1. The predicted octanol–water partition coefficient (Wildman–Crippen LogP) is 6.21. The van der Waals surface area contributed by atoms with Crippen molar-refractivity contribution in [2.45, 2.75) is 65.4 Å². The Bertz CT molecular complexity index is 940. The number of ether oxygens (including phenoxy) is 1. The van der Waals surface area contributed by atoms with Gasteiger partial charge in [0.1, 0.15) is 10.6 Å². The van der Waals surface area contributed by atoms with Crippen molar-refractivity contribution in [3.8, 4) is 0 Å². The average molecular weight is 434 g/mol. The van der Waals surface area contributed by atoms with Crippen molar-refractivity contribution in [1.29, 1.82) is 0 Å². The molecule has 0 bridgehead atoms. The van der Waals surface area contributed by atoms with Gasteiger partial charge in [-0.05, 0) is 68.7 Å². The molecule has 1 aliphatic rings. The van der Waals surface area contributed by atoms with E-state index in [1.54, 1.807) is 12.1 Å². The second-order valence-electron chi connectivity index (χ2n) is 9.34. The van der Waals surface area contributed by atoms with Crippen molar-refractivity contribution in [1.82, 2.24) is 0 Å². The topological polar surface area (TPSA) is 55.4 Å². The van der Waals surface area contributed by atoms with E-state index in [-0.39, 0.29) is 17.3 Å². The molecule has 1 aromatic carbocycles. The molecule has 4 nitrogen and oxygen atoms in total. The lowest BCUT2D eigenvalue weighted by Gasteiger charge is -2.29. The molecule has 0 unspecified atom stereocenters. The smallest absolute Gasteiger partial charge is 0.341 e. The van der Waals surface area contributed by atoms with E-state index in [9.17, 15) is 9.59 Å². The number of rotatable bonds is 4. The minimum absolute atomic E-state index is 0.180. The lowest BCUT2D eigenvalue weighted by molar-refractivity contribution is 0.00694. The fraction of sp³-hybridized carbons (Fsp3) is 0.478. The van der Waals surface area contributed by atoms with E-state index in [2.05, 4.69) is 19.2 Å². The van der Waals surface area contributed by atoms with Gasteiger partial charge < -0.3 is 10.1 Å². The highest BCUT2D eigenvalue weighted by atomic mass is 35.5. The highest BCUT2D eigenvalue weighted by molar-refractivity contribution is 7.17. The van der Waals surface area contributed by atoms with Gasteiger partial charge in [-0.15, -0.1) is 22.9 Å². The number of hydrogen-bond donors (Lipinski definition) is 1. The maximum Gasteiger partial charge on any atom is 0.341 e. The summed E-state index contributed by atoms with van der Waals surface area (Å²) in [6.07, 6.45) is 2.70. The molecule has 2 aromatic rings. The Morgan fingerprint density at radius 1 is 1.28 bits per heavy atom. The first-order chi connectivity index (χ1) is 13.5. The molecule has 29 heavy (non-hydrogen) atoms. The lowest BCUT2D eigenvalue weighted by Crippen LogP contribution is -2.26. The van der Waals surface area contributed by atoms with Crippen molar-refractivity contribution >= 4 is 39.8 Å². The van der Waals surface area contributed by atoms with Crippen LogP contribution in [0.5, 0.6) is 0 Å². The number of carbonyl (C=O) groups is 2. The van der Waals surface area contributed by atoms with Crippen LogP contribution in [0.3, 0.4) is 0 Å². The van der Waals surface area contributed by atoms with Crippen molar-refractivity contribution in [3.05, 3.63) is 51.4 Å². The molecule has 156 valence electrons. The average Bonchev–Trinajstić information content (AvgIpc) is 2.96. The third-order valence-electron chi connectivity index (χ3n) is 4.96. The van der Waals surface area contributed by atoms with Gasteiger partial charge in [-0.3, -0.25) is 4.79 Å². The van der Waals surface area contributed by atoms with Crippen LogP contribution in [0.4, 0.5) is 5.00 Å². The number of anilines is 1. The second-order valence-corrected chi connectivity index (χ2v) is 10.7. The molecular weight excluding hydrogens is 406 g/mol. The van der Waals surface area contributed by atoms with Gasteiger partial charge in [-0.2, -0.15) is 0 Å². The summed E-state index contributed by atoms with van der Waals surface area (Å²) in [7, 11) is 0. The summed E-state index contributed by atoms with van der Waals surface area (Å²) in [4.78, 5) is 27.1. The summed E-state index contributed by atoms with van der Waals surface area (Å²) in [5.41, 5.74) is 2.50. The van der Waals surface area contributed by atoms with Gasteiger partial charge in [0.2, 0.25) is 0 Å². The molecule has 1 aliphatic carbocycles. The van der Waals surface area contributed by atoms with Crippen LogP contribution in [-0.2, 0) is 23.5 Å². The molecule has 0 spiro atoms. The van der Waals surface area contributed by atoms with E-state index in [1.807, 2.05) is 32.9 Å². The molecule has 0 saturated heterocycles. The van der Waals surface area contributed by atoms with Gasteiger partial charge in [0.25, 0.3) is 5.91 Å². The van der Waals surface area contributed by atoms with Crippen LogP contribution in [0.15, 0.2) is 24.3 Å². The molecule has 1 heterocycles. The van der Waals surface area contributed by atoms with E-state index in [0.29, 0.717) is 22.0 Å². The Morgan fingerprint density at radius 2 is 2.00 bits per heavy atom. The fourth-order valence-electron chi connectivity index (χ4n) is 3.51. The molecule has 1 amide bonds. The summed E-state index contributed by atoms with van der Waals surface area (Å²) in [6, 6.07) is 7.20. The number of thiophene rings is 1. The summed E-state index contributed by atoms with van der Waals surface area (Å²) < 4.78 is 5.66. The Kier molecular flexibility index (Phi) is 6.11.